The first kappa shape index (κ1) is 16.4. The van der Waals surface area contributed by atoms with Crippen LogP contribution in [0.25, 0.3) is 10.9 Å². The topological polar surface area (TPSA) is 74.6 Å². The van der Waals surface area contributed by atoms with E-state index in [1.165, 1.54) is 19.1 Å². The van der Waals surface area contributed by atoms with Crippen molar-refractivity contribution in [3.05, 3.63) is 65.9 Å². The molecule has 0 atom stereocenters. The average molecular weight is 337 g/mol. The SMILES string of the molecule is CC(=O)Oc1ccccc1C(=O)OCn1cc(C=O)c2ccccc21. The zero-order valence-corrected chi connectivity index (χ0v) is 13.5. The van der Waals surface area contributed by atoms with Crippen LogP contribution in [0.15, 0.2) is 54.7 Å². The second kappa shape index (κ2) is 7.00. The van der Waals surface area contributed by atoms with Gasteiger partial charge in [-0.3, -0.25) is 9.59 Å². The van der Waals surface area contributed by atoms with Gasteiger partial charge < -0.3 is 14.0 Å². The van der Waals surface area contributed by atoms with Crippen molar-refractivity contribution >= 4 is 29.1 Å². The number of aromatic nitrogens is 1. The van der Waals surface area contributed by atoms with Crippen LogP contribution in [-0.4, -0.2) is 22.8 Å². The first-order valence-corrected chi connectivity index (χ1v) is 7.58. The van der Waals surface area contributed by atoms with E-state index in [-0.39, 0.29) is 18.0 Å². The molecule has 1 heterocycles. The van der Waals surface area contributed by atoms with Gasteiger partial charge in [-0.1, -0.05) is 30.3 Å². The summed E-state index contributed by atoms with van der Waals surface area (Å²) in [5, 5.41) is 0.786. The number of rotatable bonds is 5. The van der Waals surface area contributed by atoms with Gasteiger partial charge in [0.1, 0.15) is 11.3 Å². The maximum atomic E-state index is 12.3. The van der Waals surface area contributed by atoms with Crippen molar-refractivity contribution in [3.8, 4) is 5.75 Å². The lowest BCUT2D eigenvalue weighted by Crippen LogP contribution is -2.12. The maximum Gasteiger partial charge on any atom is 0.343 e. The van der Waals surface area contributed by atoms with E-state index in [9.17, 15) is 14.4 Å². The van der Waals surface area contributed by atoms with Crippen LogP contribution in [0.4, 0.5) is 0 Å². The third kappa shape index (κ3) is 3.42. The van der Waals surface area contributed by atoms with Crippen LogP contribution in [0.5, 0.6) is 5.75 Å². The second-order valence-electron chi connectivity index (χ2n) is 5.34. The van der Waals surface area contributed by atoms with Crippen molar-refractivity contribution in [3.63, 3.8) is 0 Å². The number of ether oxygens (including phenoxy) is 2. The van der Waals surface area contributed by atoms with Crippen LogP contribution in [0.1, 0.15) is 27.6 Å². The molecular weight excluding hydrogens is 322 g/mol. The summed E-state index contributed by atoms with van der Waals surface area (Å²) in [6.45, 7) is 1.19. The number of carbonyl (C=O) groups is 3. The number of nitrogens with zero attached hydrogens (tertiary/aromatic N) is 1. The molecule has 1 aromatic heterocycles. The van der Waals surface area contributed by atoms with E-state index < -0.39 is 11.9 Å². The zero-order chi connectivity index (χ0) is 17.8. The number of benzene rings is 2. The van der Waals surface area contributed by atoms with E-state index in [0.29, 0.717) is 5.56 Å². The minimum atomic E-state index is -0.623. The number of carbonyl (C=O) groups excluding carboxylic acids is 3. The summed E-state index contributed by atoms with van der Waals surface area (Å²) in [7, 11) is 0. The predicted octanol–water partition coefficient (Wildman–Crippen LogP) is 3.19. The fraction of sp³-hybridized carbons (Fsp3) is 0.105. The summed E-state index contributed by atoms with van der Waals surface area (Å²) in [6, 6.07) is 13.7. The highest BCUT2D eigenvalue weighted by atomic mass is 16.6. The van der Waals surface area contributed by atoms with E-state index in [4.69, 9.17) is 9.47 Å². The Labute approximate surface area is 143 Å². The third-order valence-corrected chi connectivity index (χ3v) is 3.64. The molecule has 25 heavy (non-hydrogen) atoms. The molecule has 0 spiro atoms. The Hall–Kier alpha value is -3.41. The molecule has 6 nitrogen and oxygen atoms in total. The average Bonchev–Trinajstić information content (AvgIpc) is 2.98. The summed E-state index contributed by atoms with van der Waals surface area (Å²) < 4.78 is 12.0. The Morgan fingerprint density at radius 1 is 1.08 bits per heavy atom. The third-order valence-electron chi connectivity index (χ3n) is 3.64. The monoisotopic (exact) mass is 337 g/mol. The highest BCUT2D eigenvalue weighted by Gasteiger charge is 2.16. The van der Waals surface area contributed by atoms with Crippen molar-refractivity contribution < 1.29 is 23.9 Å². The molecule has 0 saturated heterocycles. The largest absolute Gasteiger partial charge is 0.440 e. The summed E-state index contributed by atoms with van der Waals surface area (Å²) in [4.78, 5) is 34.6. The Morgan fingerprint density at radius 3 is 2.56 bits per heavy atom. The quantitative estimate of drug-likeness (QED) is 0.406. The molecule has 0 radical (unpaired) electrons. The molecule has 6 heteroatoms. The fourth-order valence-electron chi connectivity index (χ4n) is 2.56. The highest BCUT2D eigenvalue weighted by molar-refractivity contribution is 5.97. The van der Waals surface area contributed by atoms with Gasteiger partial charge in [0.05, 0.1) is 5.52 Å². The van der Waals surface area contributed by atoms with E-state index >= 15 is 0 Å². The number of esters is 2. The highest BCUT2D eigenvalue weighted by Crippen LogP contribution is 2.22. The summed E-state index contributed by atoms with van der Waals surface area (Å²) in [5.41, 5.74) is 1.46. The number of para-hydroxylation sites is 2. The number of aldehydes is 1. The molecule has 0 unspecified atom stereocenters. The van der Waals surface area contributed by atoms with Crippen LogP contribution in [-0.2, 0) is 16.3 Å². The lowest BCUT2D eigenvalue weighted by atomic mass is 10.2. The summed E-state index contributed by atoms with van der Waals surface area (Å²) in [5.74, 6) is -1.000. The van der Waals surface area contributed by atoms with Crippen LogP contribution in [0, 0.1) is 0 Å². The van der Waals surface area contributed by atoms with Crippen LogP contribution in [0.2, 0.25) is 0 Å². The molecule has 0 fully saturated rings. The Kier molecular flexibility index (Phi) is 4.61. The molecule has 0 amide bonds. The van der Waals surface area contributed by atoms with Crippen LogP contribution in [0.3, 0.4) is 0 Å². The molecule has 3 rings (SSSR count). The summed E-state index contributed by atoms with van der Waals surface area (Å²) >= 11 is 0. The van der Waals surface area contributed by atoms with Crippen molar-refractivity contribution in [1.82, 2.24) is 4.57 Å². The molecule has 2 aromatic carbocycles. The van der Waals surface area contributed by atoms with Crippen LogP contribution < -0.4 is 4.74 Å². The Bertz CT molecular complexity index is 957. The predicted molar refractivity (Wildman–Crippen MR) is 90.5 cm³/mol. The van der Waals surface area contributed by atoms with E-state index in [0.717, 1.165) is 17.2 Å². The minimum Gasteiger partial charge on any atom is -0.440 e. The van der Waals surface area contributed by atoms with Gasteiger partial charge in [-0.15, -0.1) is 0 Å². The lowest BCUT2D eigenvalue weighted by molar-refractivity contribution is -0.131. The van der Waals surface area contributed by atoms with Gasteiger partial charge in [-0.25, -0.2) is 4.79 Å². The van der Waals surface area contributed by atoms with Gasteiger partial charge in [0.2, 0.25) is 0 Å². The first-order chi connectivity index (χ1) is 12.1. The molecule has 0 aliphatic rings. The van der Waals surface area contributed by atoms with Gasteiger partial charge in [0, 0.05) is 24.1 Å². The van der Waals surface area contributed by atoms with Crippen molar-refractivity contribution in [2.75, 3.05) is 0 Å². The molecule has 0 aliphatic carbocycles. The van der Waals surface area contributed by atoms with Crippen molar-refractivity contribution in [2.45, 2.75) is 13.7 Å². The van der Waals surface area contributed by atoms with E-state index in [1.807, 2.05) is 24.3 Å². The van der Waals surface area contributed by atoms with Crippen molar-refractivity contribution in [2.24, 2.45) is 0 Å². The van der Waals surface area contributed by atoms with Gasteiger partial charge >= 0.3 is 11.9 Å². The number of fused-ring (bicyclic) bond motifs is 1. The van der Waals surface area contributed by atoms with Gasteiger partial charge in [0.25, 0.3) is 0 Å². The zero-order valence-electron chi connectivity index (χ0n) is 13.5. The second-order valence-corrected chi connectivity index (χ2v) is 5.34. The molecule has 0 aliphatic heterocycles. The first-order valence-electron chi connectivity index (χ1n) is 7.58. The van der Waals surface area contributed by atoms with Gasteiger partial charge in [-0.2, -0.15) is 0 Å². The van der Waals surface area contributed by atoms with Crippen LogP contribution >= 0.6 is 0 Å². The number of hydrogen-bond donors (Lipinski definition) is 0. The fourth-order valence-corrected chi connectivity index (χ4v) is 2.56. The Balaban J connectivity index is 1.82. The molecular formula is C19H15NO5. The maximum absolute atomic E-state index is 12.3. The molecule has 0 saturated carbocycles. The molecule has 0 bridgehead atoms. The Morgan fingerprint density at radius 2 is 1.80 bits per heavy atom. The smallest absolute Gasteiger partial charge is 0.343 e. The summed E-state index contributed by atoms with van der Waals surface area (Å²) in [6.07, 6.45) is 2.39. The van der Waals surface area contributed by atoms with E-state index in [2.05, 4.69) is 0 Å². The number of hydrogen-bond acceptors (Lipinski definition) is 5. The van der Waals surface area contributed by atoms with Gasteiger partial charge in [-0.05, 0) is 18.2 Å². The minimum absolute atomic E-state index is 0.0679. The lowest BCUT2D eigenvalue weighted by Gasteiger charge is -2.10. The molecule has 3 aromatic rings. The van der Waals surface area contributed by atoms with E-state index in [1.54, 1.807) is 22.9 Å². The molecule has 0 N–H and O–H groups in total. The molecule has 126 valence electrons. The normalized spacial score (nSPS) is 10.4. The van der Waals surface area contributed by atoms with Crippen molar-refractivity contribution in [1.29, 1.82) is 0 Å². The van der Waals surface area contributed by atoms with Gasteiger partial charge in [0.15, 0.2) is 13.0 Å². The standard InChI is InChI=1S/C19H15NO5/c1-13(22)25-18-9-5-3-7-16(18)19(23)24-12-20-10-14(11-21)15-6-2-4-8-17(15)20/h2-11H,12H2,1H3.